The summed E-state index contributed by atoms with van der Waals surface area (Å²) in [5, 5.41) is 2.46. The van der Waals surface area contributed by atoms with Crippen molar-refractivity contribution in [2.45, 2.75) is 0 Å². The third kappa shape index (κ3) is 1.85. The number of aldehydes is 1. The van der Waals surface area contributed by atoms with Gasteiger partial charge >= 0.3 is 0 Å². The minimum atomic E-state index is -0.271. The van der Waals surface area contributed by atoms with Crippen molar-refractivity contribution in [3.05, 3.63) is 30.1 Å². The predicted molar refractivity (Wildman–Crippen MR) is 54.5 cm³/mol. The second-order valence-corrected chi connectivity index (χ2v) is 3.01. The lowest BCUT2D eigenvalue weighted by Gasteiger charge is -2.00. The van der Waals surface area contributed by atoms with Gasteiger partial charge in [-0.05, 0) is 18.2 Å². The summed E-state index contributed by atoms with van der Waals surface area (Å²) in [5.74, 6) is -0.271. The van der Waals surface area contributed by atoms with Crippen LogP contribution in [0.15, 0.2) is 24.5 Å². The minimum Gasteiger partial charge on any atom is -0.345 e. The van der Waals surface area contributed by atoms with Crippen molar-refractivity contribution >= 4 is 23.2 Å². The number of hydrogen-bond donors (Lipinski definition) is 2. The normalized spacial score (nSPS) is 10.1. The van der Waals surface area contributed by atoms with Crippen LogP contribution in [-0.4, -0.2) is 28.7 Å². The molecular weight excluding hydrogens is 194 g/mol. The highest BCUT2D eigenvalue weighted by atomic mass is 16.2. The van der Waals surface area contributed by atoms with Crippen LogP contribution in [0.3, 0.4) is 0 Å². The summed E-state index contributed by atoms with van der Waals surface area (Å²) in [6, 6.07) is 5.13. The fraction of sp³-hybridized carbons (Fsp3) is 0.100. The van der Waals surface area contributed by atoms with Gasteiger partial charge in [-0.2, -0.15) is 0 Å². The van der Waals surface area contributed by atoms with Gasteiger partial charge in [-0.1, -0.05) is 0 Å². The molecule has 0 aliphatic heterocycles. The van der Waals surface area contributed by atoms with Crippen molar-refractivity contribution < 1.29 is 9.59 Å². The average Bonchev–Trinajstić information content (AvgIpc) is 2.72. The smallest absolute Gasteiger partial charge is 0.251 e. The fourth-order valence-corrected chi connectivity index (χ4v) is 1.31. The molecule has 2 aromatic rings. The number of nitrogens with one attached hydrogen (secondary N) is 2. The molecule has 5 heteroatoms. The van der Waals surface area contributed by atoms with Crippen LogP contribution < -0.4 is 5.32 Å². The molecule has 76 valence electrons. The number of imidazole rings is 1. The van der Waals surface area contributed by atoms with Crippen molar-refractivity contribution in [3.63, 3.8) is 0 Å². The Morgan fingerprint density at radius 3 is 3.20 bits per heavy atom. The number of rotatable bonds is 3. The molecule has 0 bridgehead atoms. The maximum absolute atomic E-state index is 11.5. The Labute approximate surface area is 85.5 Å². The maximum atomic E-state index is 11.5. The van der Waals surface area contributed by atoms with Crippen molar-refractivity contribution in [2.24, 2.45) is 0 Å². The second kappa shape index (κ2) is 3.91. The molecule has 0 unspecified atom stereocenters. The Kier molecular flexibility index (Phi) is 2.45. The Morgan fingerprint density at radius 1 is 1.53 bits per heavy atom. The van der Waals surface area contributed by atoms with E-state index in [1.54, 1.807) is 24.5 Å². The van der Waals surface area contributed by atoms with Crippen LogP contribution in [0.5, 0.6) is 0 Å². The number of carbonyl (C=O) groups is 2. The number of nitrogens with zero attached hydrogens (tertiary/aromatic N) is 1. The van der Waals surface area contributed by atoms with Crippen LogP contribution in [0.4, 0.5) is 0 Å². The molecule has 1 amide bonds. The van der Waals surface area contributed by atoms with Crippen molar-refractivity contribution in [1.82, 2.24) is 15.3 Å². The average molecular weight is 203 g/mol. The number of benzene rings is 1. The van der Waals surface area contributed by atoms with E-state index in [-0.39, 0.29) is 12.5 Å². The largest absolute Gasteiger partial charge is 0.345 e. The molecule has 0 aliphatic carbocycles. The molecule has 0 saturated heterocycles. The number of hydrogen-bond acceptors (Lipinski definition) is 3. The first-order valence-electron chi connectivity index (χ1n) is 4.46. The first-order valence-corrected chi connectivity index (χ1v) is 4.46. The van der Waals surface area contributed by atoms with Crippen molar-refractivity contribution in [1.29, 1.82) is 0 Å². The first-order chi connectivity index (χ1) is 7.31. The lowest BCUT2D eigenvalue weighted by molar-refractivity contribution is -0.107. The molecule has 0 saturated carbocycles. The number of carbonyl (C=O) groups excluding carboxylic acids is 2. The van der Waals surface area contributed by atoms with Crippen LogP contribution in [0.2, 0.25) is 0 Å². The van der Waals surface area contributed by atoms with E-state index in [1.807, 2.05) is 0 Å². The third-order valence-corrected chi connectivity index (χ3v) is 2.03. The highest BCUT2D eigenvalue weighted by molar-refractivity contribution is 5.97. The van der Waals surface area contributed by atoms with E-state index in [0.717, 1.165) is 11.0 Å². The van der Waals surface area contributed by atoms with E-state index in [0.29, 0.717) is 11.8 Å². The molecule has 0 aliphatic rings. The van der Waals surface area contributed by atoms with Gasteiger partial charge < -0.3 is 15.1 Å². The summed E-state index contributed by atoms with van der Waals surface area (Å²) < 4.78 is 0. The zero-order valence-corrected chi connectivity index (χ0v) is 7.86. The van der Waals surface area contributed by atoms with Gasteiger partial charge in [0.05, 0.1) is 23.9 Å². The van der Waals surface area contributed by atoms with E-state index in [1.165, 1.54) is 0 Å². The highest BCUT2D eigenvalue weighted by Crippen LogP contribution is 2.11. The van der Waals surface area contributed by atoms with Gasteiger partial charge in [-0.15, -0.1) is 0 Å². The molecule has 0 atom stereocenters. The van der Waals surface area contributed by atoms with Crippen molar-refractivity contribution in [3.8, 4) is 0 Å². The van der Waals surface area contributed by atoms with Gasteiger partial charge in [0.1, 0.15) is 6.29 Å². The highest BCUT2D eigenvalue weighted by Gasteiger charge is 2.05. The summed E-state index contributed by atoms with van der Waals surface area (Å²) in [6.45, 7) is 0.0252. The Balaban J connectivity index is 2.27. The standard InChI is InChI=1S/C10H9N3O2/c14-4-3-11-10(15)7-1-2-8-9(5-7)13-6-12-8/h1-2,4-6H,3H2,(H,11,15)(H,12,13). The summed E-state index contributed by atoms with van der Waals surface area (Å²) in [4.78, 5) is 28.5. The van der Waals surface area contributed by atoms with Crippen LogP contribution >= 0.6 is 0 Å². The van der Waals surface area contributed by atoms with E-state index in [2.05, 4.69) is 15.3 Å². The molecule has 0 radical (unpaired) electrons. The third-order valence-electron chi connectivity index (χ3n) is 2.03. The van der Waals surface area contributed by atoms with Gasteiger partial charge in [-0.25, -0.2) is 4.98 Å². The second-order valence-electron chi connectivity index (χ2n) is 3.01. The van der Waals surface area contributed by atoms with E-state index in [9.17, 15) is 9.59 Å². The van der Waals surface area contributed by atoms with Crippen LogP contribution in [0.25, 0.3) is 11.0 Å². The van der Waals surface area contributed by atoms with E-state index >= 15 is 0 Å². The maximum Gasteiger partial charge on any atom is 0.251 e. The van der Waals surface area contributed by atoms with Gasteiger partial charge in [0, 0.05) is 5.56 Å². The topological polar surface area (TPSA) is 74.8 Å². The fourth-order valence-electron chi connectivity index (χ4n) is 1.31. The number of fused-ring (bicyclic) bond motifs is 1. The van der Waals surface area contributed by atoms with Crippen LogP contribution in [-0.2, 0) is 4.79 Å². The molecule has 0 fully saturated rings. The molecular formula is C10H9N3O2. The van der Waals surface area contributed by atoms with Gasteiger partial charge in [0.15, 0.2) is 0 Å². The molecule has 0 spiro atoms. The van der Waals surface area contributed by atoms with Crippen LogP contribution in [0.1, 0.15) is 10.4 Å². The molecule has 2 N–H and O–H groups in total. The SMILES string of the molecule is O=CCNC(=O)c1ccc2[nH]cnc2c1. The van der Waals surface area contributed by atoms with Crippen molar-refractivity contribution in [2.75, 3.05) is 6.54 Å². The van der Waals surface area contributed by atoms with E-state index < -0.39 is 0 Å². The number of H-pyrrole nitrogens is 1. The predicted octanol–water partition coefficient (Wildman–Crippen LogP) is 0.492. The summed E-state index contributed by atoms with van der Waals surface area (Å²) in [7, 11) is 0. The zero-order chi connectivity index (χ0) is 10.7. The van der Waals surface area contributed by atoms with Gasteiger partial charge in [-0.3, -0.25) is 4.79 Å². The Morgan fingerprint density at radius 2 is 2.40 bits per heavy atom. The number of amides is 1. The number of aromatic nitrogens is 2. The molecule has 2 rings (SSSR count). The molecule has 15 heavy (non-hydrogen) atoms. The molecule has 1 aromatic carbocycles. The lowest BCUT2D eigenvalue weighted by atomic mass is 10.2. The summed E-state index contributed by atoms with van der Waals surface area (Å²) in [5.41, 5.74) is 2.10. The molecule has 5 nitrogen and oxygen atoms in total. The van der Waals surface area contributed by atoms with Gasteiger partial charge in [0.25, 0.3) is 5.91 Å². The molecule has 1 heterocycles. The molecule has 1 aromatic heterocycles. The summed E-state index contributed by atoms with van der Waals surface area (Å²) in [6.07, 6.45) is 2.21. The minimum absolute atomic E-state index is 0.0252. The first kappa shape index (κ1) is 9.39. The van der Waals surface area contributed by atoms with E-state index in [4.69, 9.17) is 0 Å². The Hall–Kier alpha value is -2.17. The number of aromatic amines is 1. The van der Waals surface area contributed by atoms with Gasteiger partial charge in [0.2, 0.25) is 0 Å². The lowest BCUT2D eigenvalue weighted by Crippen LogP contribution is -2.24. The van der Waals surface area contributed by atoms with Crippen LogP contribution in [0, 0.1) is 0 Å². The Bertz CT molecular complexity index is 504. The monoisotopic (exact) mass is 203 g/mol. The quantitative estimate of drug-likeness (QED) is 0.713. The zero-order valence-electron chi connectivity index (χ0n) is 7.86. The summed E-state index contributed by atoms with van der Waals surface area (Å²) >= 11 is 0.